The van der Waals surface area contributed by atoms with E-state index < -0.39 is 17.1 Å². The second-order valence-corrected chi connectivity index (χ2v) is 51.8. The number of hydrogen-bond acceptors (Lipinski definition) is 0. The zero-order valence-electron chi connectivity index (χ0n) is 22.0. The van der Waals surface area contributed by atoms with Crippen molar-refractivity contribution in [3.05, 3.63) is 101 Å². The Morgan fingerprint density at radius 2 is 1.00 bits per heavy atom. The van der Waals surface area contributed by atoms with Crippen LogP contribution in [-0.4, -0.2) is 6.94 Å². The van der Waals surface area contributed by atoms with Crippen molar-refractivity contribution < 1.29 is 17.1 Å². The fraction of sp³-hybridized carbons (Fsp3) is 0.333. The van der Waals surface area contributed by atoms with Gasteiger partial charge in [0.25, 0.3) is 0 Å². The molecule has 0 bridgehead atoms. The molecular weight excluding hydrogens is 638 g/mol. The topological polar surface area (TPSA) is 0 Å². The van der Waals surface area contributed by atoms with Crippen LogP contribution in [0.25, 0.3) is 11.1 Å². The molecule has 4 rings (SSSR count). The van der Waals surface area contributed by atoms with Crippen LogP contribution >= 0.6 is 24.8 Å². The van der Waals surface area contributed by atoms with Gasteiger partial charge in [-0.3, -0.25) is 0 Å². The Morgan fingerprint density at radius 1 is 0.647 bits per heavy atom. The minimum absolute atomic E-state index is 0. The van der Waals surface area contributed by atoms with E-state index >= 15 is 0 Å². The van der Waals surface area contributed by atoms with E-state index in [0.29, 0.717) is 11.8 Å². The van der Waals surface area contributed by atoms with Gasteiger partial charge in [0, 0.05) is 0 Å². The number of aryl methyl sites for hydroxylation is 2. The predicted molar refractivity (Wildman–Crippen MR) is 157 cm³/mol. The molecule has 0 N–H and O–H groups in total. The van der Waals surface area contributed by atoms with E-state index in [1.54, 1.807) is 17.8 Å². The van der Waals surface area contributed by atoms with Gasteiger partial charge in [-0.25, -0.2) is 0 Å². The maximum atomic E-state index is 2.69. The van der Waals surface area contributed by atoms with Gasteiger partial charge in [0.15, 0.2) is 0 Å². The molecule has 2 unspecified atom stereocenters. The summed E-state index contributed by atoms with van der Waals surface area (Å²) in [7, 11) is 0. The van der Waals surface area contributed by atoms with Gasteiger partial charge in [-0.15, -0.1) is 24.8 Å². The largest absolute Gasteiger partial charge is 0.147 e. The molecule has 0 saturated heterocycles. The molecule has 0 heterocycles. The summed E-state index contributed by atoms with van der Waals surface area (Å²) >= 11 is -3.54. The van der Waals surface area contributed by atoms with Gasteiger partial charge >= 0.3 is 199 Å². The number of hydrogen-bond donors (Lipinski definition) is 0. The Hall–Kier alpha value is -0.933. The summed E-state index contributed by atoms with van der Waals surface area (Å²) in [5.74, 6) is 1.03. The first-order valence-electron chi connectivity index (χ1n) is 12.0. The van der Waals surface area contributed by atoms with Crippen LogP contribution in [0.1, 0.15) is 49.9 Å². The van der Waals surface area contributed by atoms with Crippen molar-refractivity contribution in [2.45, 2.75) is 50.9 Å². The van der Waals surface area contributed by atoms with Crippen LogP contribution in [0.3, 0.4) is 0 Å². The van der Waals surface area contributed by atoms with Crippen LogP contribution < -0.4 is 0 Å². The number of halogens is 2. The number of rotatable bonds is 4. The van der Waals surface area contributed by atoms with Crippen LogP contribution in [0.4, 0.5) is 0 Å². The third-order valence-electron chi connectivity index (χ3n) is 7.75. The Bertz CT molecular complexity index is 1220. The van der Waals surface area contributed by atoms with E-state index in [9.17, 15) is 0 Å². The maximum absolute atomic E-state index is 3.54. The molecule has 0 aromatic heterocycles. The van der Waals surface area contributed by atoms with Gasteiger partial charge in [-0.1, -0.05) is 0 Å². The monoisotopic (exact) mass is 678 g/mol. The molecule has 2 aliphatic rings. The minimum atomic E-state index is -3.54. The zero-order chi connectivity index (χ0) is 23.4. The normalized spacial score (nSPS) is 20.6. The first-order chi connectivity index (χ1) is 14.9. The van der Waals surface area contributed by atoms with Crippen molar-refractivity contribution in [3.8, 4) is 0 Å². The summed E-state index contributed by atoms with van der Waals surface area (Å²) in [6, 6.07) is 18.1. The van der Waals surface area contributed by atoms with E-state index in [1.165, 1.54) is 33.4 Å². The Balaban J connectivity index is 0.00000204. The van der Waals surface area contributed by atoms with Gasteiger partial charge in [-0.2, -0.15) is 0 Å². The van der Waals surface area contributed by atoms with Gasteiger partial charge < -0.3 is 0 Å². The van der Waals surface area contributed by atoms with Gasteiger partial charge in [0.2, 0.25) is 0 Å². The molecular formula is C30H40Cl2HfSi. The van der Waals surface area contributed by atoms with E-state index in [0.717, 1.165) is 0 Å². The molecule has 2 aliphatic carbocycles. The Kier molecular flexibility index (Phi) is 8.80. The van der Waals surface area contributed by atoms with Crippen molar-refractivity contribution in [3.63, 3.8) is 0 Å². The average molecular weight is 678 g/mol. The van der Waals surface area contributed by atoms with E-state index in [1.807, 2.05) is 0 Å². The molecule has 2 atom stereocenters. The number of benzene rings is 2. The summed E-state index contributed by atoms with van der Waals surface area (Å²) in [4.78, 5) is 0. The molecule has 0 aliphatic heterocycles. The van der Waals surface area contributed by atoms with Crippen molar-refractivity contribution >= 4 is 42.9 Å². The Morgan fingerprint density at radius 3 is 1.32 bits per heavy atom. The first kappa shape index (κ1) is 29.3. The molecule has 4 heteroatoms. The number of allylic oxidation sites excluding steroid dienone is 8. The molecule has 0 spiro atoms. The van der Waals surface area contributed by atoms with Crippen LogP contribution in [0.2, 0.25) is 9.36 Å². The van der Waals surface area contributed by atoms with E-state index in [-0.39, 0.29) is 24.8 Å². The molecule has 182 valence electrons. The first-order valence-corrected chi connectivity index (χ1v) is 31.1. The molecule has 0 saturated carbocycles. The third kappa shape index (κ3) is 4.98. The summed E-state index contributed by atoms with van der Waals surface area (Å²) in [5.41, 5.74) is 11.5. The van der Waals surface area contributed by atoms with Crippen LogP contribution in [0.5, 0.6) is 0 Å². The Labute approximate surface area is 222 Å². The molecule has 2 aromatic rings. The minimum Gasteiger partial charge on any atom is -0.147 e. The van der Waals surface area contributed by atoms with Crippen molar-refractivity contribution in [1.82, 2.24) is 0 Å². The maximum Gasteiger partial charge on any atom is -0.147 e. The van der Waals surface area contributed by atoms with Crippen LogP contribution in [0, 0.1) is 25.7 Å². The molecule has 2 aromatic carbocycles. The molecule has 0 amide bonds. The standard InChI is InChI=1S/2C14H15.2CH3.2ClH.Hf.H2Si/c2*1-10-5-4-6-13(8-10)14-9-11(2)7-12(14)3;;;;;;/h2*4-6,8-9,11H,1-3H3;2*1H3;2*1H;;1H2. The van der Waals surface area contributed by atoms with Gasteiger partial charge in [0.05, 0.1) is 0 Å². The summed E-state index contributed by atoms with van der Waals surface area (Å²) in [6.45, 7) is 16.5. The van der Waals surface area contributed by atoms with Crippen molar-refractivity contribution in [2.75, 3.05) is 0 Å². The smallest absolute Gasteiger partial charge is 0.147 e. The molecule has 0 nitrogen and oxygen atoms in total. The SMILES string of the molecule is CC1=[C]([Hf]([CH3])([CH3])(=[SiH2])[C]2=C(C)C(c3cccc(C)c3)=CC2C)C(C)C=C1c1cccc(C)c1.Cl.Cl. The fourth-order valence-electron chi connectivity index (χ4n) is 6.95. The molecule has 0 fully saturated rings. The van der Waals surface area contributed by atoms with Crippen molar-refractivity contribution in [2.24, 2.45) is 11.8 Å². The van der Waals surface area contributed by atoms with Gasteiger partial charge in [-0.05, 0) is 0 Å². The third-order valence-corrected chi connectivity index (χ3v) is 32.4. The van der Waals surface area contributed by atoms with E-state index in [2.05, 4.69) is 119 Å². The van der Waals surface area contributed by atoms with E-state index in [4.69, 9.17) is 0 Å². The second kappa shape index (κ2) is 10.2. The summed E-state index contributed by atoms with van der Waals surface area (Å²) in [6.07, 6.45) is 5.08. The van der Waals surface area contributed by atoms with Crippen LogP contribution in [-0.2, 0) is 17.1 Å². The van der Waals surface area contributed by atoms with Crippen LogP contribution in [0.15, 0.2) is 78.5 Å². The second-order valence-electron chi connectivity index (χ2n) is 11.2. The molecule has 34 heavy (non-hydrogen) atoms. The quantitative estimate of drug-likeness (QED) is 0.284. The van der Waals surface area contributed by atoms with Crippen molar-refractivity contribution in [1.29, 1.82) is 0 Å². The zero-order valence-corrected chi connectivity index (χ0v) is 28.6. The average Bonchev–Trinajstić information content (AvgIpc) is 3.17. The summed E-state index contributed by atoms with van der Waals surface area (Å²) in [5, 5.41) is 0. The summed E-state index contributed by atoms with van der Waals surface area (Å²) < 4.78 is 8.97. The molecule has 0 radical (unpaired) electrons. The van der Waals surface area contributed by atoms with Gasteiger partial charge in [0.1, 0.15) is 0 Å². The predicted octanol–water partition coefficient (Wildman–Crippen LogP) is 8.80. The fourth-order valence-corrected chi connectivity index (χ4v) is 38.3.